The SMILES string of the molecule is CN(CC(=O)NC(C)(C)C)C(=O)COC(=O)COc1ccc2ccc(=O)oc2c1. The van der Waals surface area contributed by atoms with Gasteiger partial charge in [-0.25, -0.2) is 9.59 Å². The number of nitrogens with one attached hydrogen (secondary N) is 1. The minimum atomic E-state index is -0.750. The van der Waals surface area contributed by atoms with Gasteiger partial charge in [-0.2, -0.15) is 0 Å². The fraction of sp³-hybridized carbons (Fsp3) is 0.400. The maximum atomic E-state index is 12.0. The number of likely N-dealkylation sites (N-methyl/N-ethyl adjacent to an activating group) is 1. The molecule has 2 aromatic rings. The van der Waals surface area contributed by atoms with Gasteiger partial charge in [-0.05, 0) is 39.0 Å². The molecule has 0 unspecified atom stereocenters. The highest BCUT2D eigenvalue weighted by molar-refractivity contribution is 5.86. The van der Waals surface area contributed by atoms with E-state index < -0.39 is 36.3 Å². The van der Waals surface area contributed by atoms with Gasteiger partial charge in [-0.1, -0.05) is 0 Å². The van der Waals surface area contributed by atoms with Crippen LogP contribution in [-0.2, 0) is 19.1 Å². The Kier molecular flexibility index (Phi) is 6.98. The molecule has 0 aliphatic carbocycles. The van der Waals surface area contributed by atoms with E-state index in [1.807, 2.05) is 20.8 Å². The van der Waals surface area contributed by atoms with Gasteiger partial charge in [0.05, 0.1) is 6.54 Å². The van der Waals surface area contributed by atoms with E-state index >= 15 is 0 Å². The van der Waals surface area contributed by atoms with E-state index in [2.05, 4.69) is 5.32 Å². The number of hydrogen-bond acceptors (Lipinski definition) is 7. The molecule has 0 saturated carbocycles. The molecule has 0 spiro atoms. The Bertz CT molecular complexity index is 959. The molecule has 9 heteroatoms. The van der Waals surface area contributed by atoms with Crippen LogP contribution >= 0.6 is 0 Å². The second kappa shape index (κ2) is 9.22. The number of ether oxygens (including phenoxy) is 2. The number of benzene rings is 1. The van der Waals surface area contributed by atoms with Crippen LogP contribution in [0.15, 0.2) is 39.5 Å². The van der Waals surface area contributed by atoms with Gasteiger partial charge in [0, 0.05) is 30.1 Å². The van der Waals surface area contributed by atoms with E-state index in [4.69, 9.17) is 13.9 Å². The number of rotatable bonds is 7. The van der Waals surface area contributed by atoms with Crippen LogP contribution in [0.2, 0.25) is 0 Å². The lowest BCUT2D eigenvalue weighted by molar-refractivity contribution is -0.153. The van der Waals surface area contributed by atoms with Crippen molar-refractivity contribution in [3.63, 3.8) is 0 Å². The van der Waals surface area contributed by atoms with Crippen LogP contribution in [0.3, 0.4) is 0 Å². The molecule has 156 valence electrons. The molecule has 0 aliphatic heterocycles. The van der Waals surface area contributed by atoms with E-state index in [9.17, 15) is 19.2 Å². The third kappa shape index (κ3) is 7.28. The van der Waals surface area contributed by atoms with E-state index in [0.717, 1.165) is 0 Å². The van der Waals surface area contributed by atoms with Crippen LogP contribution in [0.1, 0.15) is 20.8 Å². The predicted octanol–water partition coefficient (Wildman–Crippen LogP) is 1.09. The van der Waals surface area contributed by atoms with Crippen LogP contribution in [0.5, 0.6) is 5.75 Å². The second-order valence-corrected chi connectivity index (χ2v) is 7.45. The van der Waals surface area contributed by atoms with E-state index in [0.29, 0.717) is 16.7 Å². The van der Waals surface area contributed by atoms with Crippen LogP contribution in [0.25, 0.3) is 11.0 Å². The lowest BCUT2D eigenvalue weighted by atomic mass is 10.1. The monoisotopic (exact) mass is 404 g/mol. The molecule has 2 amide bonds. The van der Waals surface area contributed by atoms with Crippen molar-refractivity contribution in [2.75, 3.05) is 26.8 Å². The first-order chi connectivity index (χ1) is 13.5. The van der Waals surface area contributed by atoms with Crippen molar-refractivity contribution in [3.05, 3.63) is 40.8 Å². The Labute approximate surface area is 167 Å². The topological polar surface area (TPSA) is 115 Å². The van der Waals surface area contributed by atoms with Crippen molar-refractivity contribution in [2.45, 2.75) is 26.3 Å². The zero-order chi connectivity index (χ0) is 21.6. The van der Waals surface area contributed by atoms with Gasteiger partial charge in [-0.15, -0.1) is 0 Å². The minimum absolute atomic E-state index is 0.146. The van der Waals surface area contributed by atoms with Crippen LogP contribution in [0, 0.1) is 0 Å². The second-order valence-electron chi connectivity index (χ2n) is 7.45. The first-order valence-corrected chi connectivity index (χ1v) is 8.91. The quantitative estimate of drug-likeness (QED) is 0.542. The van der Waals surface area contributed by atoms with Crippen molar-refractivity contribution in [1.29, 1.82) is 0 Å². The average Bonchev–Trinajstić information content (AvgIpc) is 2.62. The summed E-state index contributed by atoms with van der Waals surface area (Å²) in [5, 5.41) is 3.45. The molecule has 0 saturated heterocycles. The van der Waals surface area contributed by atoms with Gasteiger partial charge in [0.25, 0.3) is 5.91 Å². The number of amides is 2. The fourth-order valence-corrected chi connectivity index (χ4v) is 2.33. The number of carbonyl (C=O) groups is 3. The molecular formula is C20H24N2O7. The number of carbonyl (C=O) groups excluding carboxylic acids is 3. The van der Waals surface area contributed by atoms with Crippen LogP contribution in [-0.4, -0.2) is 55.0 Å². The van der Waals surface area contributed by atoms with Crippen molar-refractivity contribution >= 4 is 28.8 Å². The standard InChI is InChI=1S/C20H24N2O7/c1-20(2,3)21-16(23)10-22(4)17(24)11-28-19(26)12-27-14-7-5-13-6-8-18(25)29-15(13)9-14/h5-9H,10-12H2,1-4H3,(H,21,23). The molecule has 0 atom stereocenters. The fourth-order valence-electron chi connectivity index (χ4n) is 2.33. The summed E-state index contributed by atoms with van der Waals surface area (Å²) in [6, 6.07) is 7.70. The third-order valence-corrected chi connectivity index (χ3v) is 3.63. The Hall–Kier alpha value is -3.36. The molecule has 29 heavy (non-hydrogen) atoms. The summed E-state index contributed by atoms with van der Waals surface area (Å²) in [5.41, 5.74) is -0.572. The van der Waals surface area contributed by atoms with Crippen molar-refractivity contribution in [3.8, 4) is 5.75 Å². The number of fused-ring (bicyclic) bond motifs is 1. The Balaban J connectivity index is 1.78. The smallest absolute Gasteiger partial charge is 0.344 e. The lowest BCUT2D eigenvalue weighted by Crippen LogP contribution is -2.47. The Morgan fingerprint density at radius 2 is 1.79 bits per heavy atom. The first-order valence-electron chi connectivity index (χ1n) is 8.91. The van der Waals surface area contributed by atoms with Gasteiger partial charge < -0.3 is 24.1 Å². The molecule has 9 nitrogen and oxygen atoms in total. The number of esters is 1. The molecule has 0 fully saturated rings. The van der Waals surface area contributed by atoms with Gasteiger partial charge in [0.15, 0.2) is 13.2 Å². The van der Waals surface area contributed by atoms with Gasteiger partial charge >= 0.3 is 11.6 Å². The largest absolute Gasteiger partial charge is 0.482 e. The summed E-state index contributed by atoms with van der Waals surface area (Å²) >= 11 is 0. The molecule has 0 aliphatic rings. The molecular weight excluding hydrogens is 380 g/mol. The third-order valence-electron chi connectivity index (χ3n) is 3.63. The summed E-state index contributed by atoms with van der Waals surface area (Å²) in [7, 11) is 1.44. The highest BCUT2D eigenvalue weighted by atomic mass is 16.6. The summed E-state index contributed by atoms with van der Waals surface area (Å²) in [4.78, 5) is 48.0. The predicted molar refractivity (Wildman–Crippen MR) is 104 cm³/mol. The highest BCUT2D eigenvalue weighted by Gasteiger charge is 2.19. The minimum Gasteiger partial charge on any atom is -0.482 e. The molecule has 0 radical (unpaired) electrons. The van der Waals surface area contributed by atoms with Crippen LogP contribution in [0.4, 0.5) is 0 Å². The number of nitrogens with zero attached hydrogens (tertiary/aromatic N) is 1. The van der Waals surface area contributed by atoms with Crippen molar-refractivity contribution < 1.29 is 28.3 Å². The van der Waals surface area contributed by atoms with Crippen molar-refractivity contribution in [2.24, 2.45) is 0 Å². The molecule has 1 aromatic carbocycles. The molecule has 1 N–H and O–H groups in total. The van der Waals surface area contributed by atoms with Crippen LogP contribution < -0.4 is 15.7 Å². The number of hydrogen-bond donors (Lipinski definition) is 1. The maximum absolute atomic E-state index is 12.0. The van der Waals surface area contributed by atoms with Crippen molar-refractivity contribution in [1.82, 2.24) is 10.2 Å². The maximum Gasteiger partial charge on any atom is 0.344 e. The van der Waals surface area contributed by atoms with Gasteiger partial charge in [0.1, 0.15) is 11.3 Å². The summed E-state index contributed by atoms with van der Waals surface area (Å²) in [6.07, 6.45) is 0. The first kappa shape index (κ1) is 21.9. The average molecular weight is 404 g/mol. The zero-order valence-corrected chi connectivity index (χ0v) is 16.8. The van der Waals surface area contributed by atoms with E-state index in [1.165, 1.54) is 24.1 Å². The van der Waals surface area contributed by atoms with E-state index in [1.54, 1.807) is 18.2 Å². The van der Waals surface area contributed by atoms with Gasteiger partial charge in [0.2, 0.25) is 5.91 Å². The lowest BCUT2D eigenvalue weighted by Gasteiger charge is -2.23. The normalized spacial score (nSPS) is 11.0. The summed E-state index contributed by atoms with van der Waals surface area (Å²) < 4.78 is 15.2. The molecule has 0 bridgehead atoms. The Morgan fingerprint density at radius 3 is 2.48 bits per heavy atom. The molecule has 1 aromatic heterocycles. The molecule has 1 heterocycles. The van der Waals surface area contributed by atoms with Gasteiger partial charge in [-0.3, -0.25) is 9.59 Å². The summed E-state index contributed by atoms with van der Waals surface area (Å²) in [6.45, 7) is 4.41. The zero-order valence-electron chi connectivity index (χ0n) is 16.8. The summed E-state index contributed by atoms with van der Waals surface area (Å²) in [5.74, 6) is -1.27. The highest BCUT2D eigenvalue weighted by Crippen LogP contribution is 2.19. The Morgan fingerprint density at radius 1 is 1.10 bits per heavy atom. The van der Waals surface area contributed by atoms with E-state index in [-0.39, 0.29) is 12.5 Å². The molecule has 2 rings (SSSR count).